The number of esters is 1. The fourth-order valence-corrected chi connectivity index (χ4v) is 1.84. The Bertz CT molecular complexity index is 736. The quantitative estimate of drug-likeness (QED) is 0.694. The van der Waals surface area contributed by atoms with Crippen molar-refractivity contribution in [2.45, 2.75) is 13.5 Å². The van der Waals surface area contributed by atoms with Crippen LogP contribution in [0.1, 0.15) is 27.0 Å². The van der Waals surface area contributed by atoms with Gasteiger partial charge in [-0.2, -0.15) is 5.26 Å². The van der Waals surface area contributed by atoms with Crippen molar-refractivity contribution in [3.05, 3.63) is 64.5 Å². The predicted molar refractivity (Wildman–Crippen MR) is 75.8 cm³/mol. The molecule has 0 radical (unpaired) electrons. The average molecular weight is 284 g/mol. The first-order chi connectivity index (χ1) is 10.0. The smallest absolute Gasteiger partial charge is 0.338 e. The third kappa shape index (κ3) is 3.37. The number of nitriles is 1. The van der Waals surface area contributed by atoms with Crippen LogP contribution in [0.15, 0.2) is 36.4 Å². The zero-order chi connectivity index (χ0) is 15.4. The van der Waals surface area contributed by atoms with Gasteiger partial charge in [0, 0.05) is 11.3 Å². The summed E-state index contributed by atoms with van der Waals surface area (Å²) in [5.41, 5.74) is 7.61. The molecule has 0 heterocycles. The molecule has 5 heteroatoms. The van der Waals surface area contributed by atoms with Crippen molar-refractivity contribution in [2.75, 3.05) is 5.73 Å². The van der Waals surface area contributed by atoms with E-state index in [-0.39, 0.29) is 12.2 Å². The highest BCUT2D eigenvalue weighted by Crippen LogP contribution is 2.16. The number of nitrogens with zero attached hydrogens (tertiary/aromatic N) is 1. The van der Waals surface area contributed by atoms with Crippen molar-refractivity contribution in [3.8, 4) is 6.07 Å². The fourth-order valence-electron chi connectivity index (χ4n) is 1.84. The minimum absolute atomic E-state index is 0.156. The van der Waals surface area contributed by atoms with E-state index in [1.807, 2.05) is 6.07 Å². The van der Waals surface area contributed by atoms with E-state index in [1.165, 1.54) is 24.3 Å². The largest absolute Gasteiger partial charge is 0.457 e. The van der Waals surface area contributed by atoms with Gasteiger partial charge in [-0.15, -0.1) is 0 Å². The topological polar surface area (TPSA) is 76.1 Å². The van der Waals surface area contributed by atoms with Gasteiger partial charge in [-0.25, -0.2) is 9.18 Å². The molecule has 0 aromatic heterocycles. The summed E-state index contributed by atoms with van der Waals surface area (Å²) in [6.07, 6.45) is 0. The molecule has 21 heavy (non-hydrogen) atoms. The Hall–Kier alpha value is -2.87. The Labute approximate surface area is 121 Å². The second-order valence-corrected chi connectivity index (χ2v) is 4.57. The number of halogens is 1. The number of nitrogen functional groups attached to an aromatic ring is 1. The SMILES string of the molecule is Cc1ccc(N)cc1C(=O)OCc1cc(C#N)ccc1F. The number of benzene rings is 2. The van der Waals surface area contributed by atoms with E-state index in [4.69, 9.17) is 15.7 Å². The normalized spacial score (nSPS) is 9.95. The molecule has 0 amide bonds. The van der Waals surface area contributed by atoms with Crippen molar-refractivity contribution < 1.29 is 13.9 Å². The van der Waals surface area contributed by atoms with Gasteiger partial charge < -0.3 is 10.5 Å². The molecule has 2 aromatic carbocycles. The Morgan fingerprint density at radius 2 is 2.10 bits per heavy atom. The van der Waals surface area contributed by atoms with Crippen LogP contribution >= 0.6 is 0 Å². The minimum atomic E-state index is -0.582. The van der Waals surface area contributed by atoms with E-state index in [0.29, 0.717) is 16.8 Å². The van der Waals surface area contributed by atoms with E-state index in [1.54, 1.807) is 19.1 Å². The van der Waals surface area contributed by atoms with E-state index >= 15 is 0 Å². The molecule has 2 aromatic rings. The molecule has 0 aliphatic heterocycles. The molecule has 0 spiro atoms. The number of anilines is 1. The third-order valence-electron chi connectivity index (χ3n) is 3.02. The number of hydrogen-bond donors (Lipinski definition) is 1. The highest BCUT2D eigenvalue weighted by Gasteiger charge is 2.12. The Kier molecular flexibility index (Phi) is 4.19. The number of aryl methyl sites for hydroxylation is 1. The van der Waals surface area contributed by atoms with Crippen LogP contribution in [0.4, 0.5) is 10.1 Å². The van der Waals surface area contributed by atoms with Crippen molar-refractivity contribution in [3.63, 3.8) is 0 Å². The Morgan fingerprint density at radius 1 is 1.33 bits per heavy atom. The molecule has 0 aliphatic rings. The summed E-state index contributed by atoms with van der Waals surface area (Å²) in [4.78, 5) is 12.0. The molecule has 0 atom stereocenters. The lowest BCUT2D eigenvalue weighted by Gasteiger charge is -2.09. The first kappa shape index (κ1) is 14.5. The van der Waals surface area contributed by atoms with E-state index in [0.717, 1.165) is 5.56 Å². The maximum absolute atomic E-state index is 13.6. The molecule has 0 saturated carbocycles. The van der Waals surface area contributed by atoms with E-state index in [9.17, 15) is 9.18 Å². The van der Waals surface area contributed by atoms with Crippen molar-refractivity contribution in [1.29, 1.82) is 5.26 Å². The molecule has 0 fully saturated rings. The average Bonchev–Trinajstić information content (AvgIpc) is 2.48. The molecule has 2 rings (SSSR count). The summed E-state index contributed by atoms with van der Waals surface area (Å²) in [6.45, 7) is 1.52. The lowest BCUT2D eigenvalue weighted by atomic mass is 10.1. The van der Waals surface area contributed by atoms with Crippen LogP contribution < -0.4 is 5.73 Å². The van der Waals surface area contributed by atoms with Crippen molar-refractivity contribution in [1.82, 2.24) is 0 Å². The van der Waals surface area contributed by atoms with Crippen LogP contribution in [-0.2, 0) is 11.3 Å². The Balaban J connectivity index is 2.15. The van der Waals surface area contributed by atoms with E-state index < -0.39 is 11.8 Å². The molecule has 0 bridgehead atoms. The lowest BCUT2D eigenvalue weighted by molar-refractivity contribution is 0.0468. The van der Waals surface area contributed by atoms with Gasteiger partial charge >= 0.3 is 5.97 Å². The first-order valence-electron chi connectivity index (χ1n) is 6.23. The molecule has 0 aliphatic carbocycles. The summed E-state index contributed by atoms with van der Waals surface area (Å²) in [5, 5.41) is 8.78. The highest BCUT2D eigenvalue weighted by atomic mass is 19.1. The lowest BCUT2D eigenvalue weighted by Crippen LogP contribution is -2.08. The zero-order valence-corrected chi connectivity index (χ0v) is 11.4. The van der Waals surface area contributed by atoms with Gasteiger partial charge in [0.25, 0.3) is 0 Å². The van der Waals surface area contributed by atoms with Crippen LogP contribution in [0.25, 0.3) is 0 Å². The number of carbonyl (C=O) groups excluding carboxylic acids is 1. The summed E-state index contributed by atoms with van der Waals surface area (Å²) >= 11 is 0. The van der Waals surface area contributed by atoms with Crippen LogP contribution in [-0.4, -0.2) is 5.97 Å². The van der Waals surface area contributed by atoms with Gasteiger partial charge in [-0.3, -0.25) is 0 Å². The summed E-state index contributed by atoms with van der Waals surface area (Å²) in [6, 6.07) is 10.7. The first-order valence-corrected chi connectivity index (χ1v) is 6.23. The highest BCUT2D eigenvalue weighted by molar-refractivity contribution is 5.92. The minimum Gasteiger partial charge on any atom is -0.457 e. The van der Waals surface area contributed by atoms with Gasteiger partial charge in [0.15, 0.2) is 0 Å². The van der Waals surface area contributed by atoms with E-state index in [2.05, 4.69) is 0 Å². The number of nitrogens with two attached hydrogens (primary N) is 1. The van der Waals surface area contributed by atoms with Crippen molar-refractivity contribution >= 4 is 11.7 Å². The van der Waals surface area contributed by atoms with Gasteiger partial charge in [0.2, 0.25) is 0 Å². The fraction of sp³-hybridized carbons (Fsp3) is 0.125. The van der Waals surface area contributed by atoms with Crippen LogP contribution in [0.3, 0.4) is 0 Å². The number of carbonyl (C=O) groups is 1. The molecular weight excluding hydrogens is 271 g/mol. The van der Waals surface area contributed by atoms with Crippen LogP contribution in [0.5, 0.6) is 0 Å². The molecule has 0 unspecified atom stereocenters. The summed E-state index contributed by atoms with van der Waals surface area (Å²) in [7, 11) is 0. The summed E-state index contributed by atoms with van der Waals surface area (Å²) in [5.74, 6) is -1.10. The summed E-state index contributed by atoms with van der Waals surface area (Å²) < 4.78 is 18.7. The molecular formula is C16H13FN2O2. The third-order valence-corrected chi connectivity index (χ3v) is 3.02. The van der Waals surface area contributed by atoms with Gasteiger partial charge in [0.1, 0.15) is 12.4 Å². The molecule has 4 nitrogen and oxygen atoms in total. The monoisotopic (exact) mass is 284 g/mol. The van der Waals surface area contributed by atoms with Gasteiger partial charge in [-0.1, -0.05) is 6.07 Å². The maximum Gasteiger partial charge on any atom is 0.338 e. The second-order valence-electron chi connectivity index (χ2n) is 4.57. The number of ether oxygens (including phenoxy) is 1. The number of rotatable bonds is 3. The Morgan fingerprint density at radius 3 is 2.81 bits per heavy atom. The van der Waals surface area contributed by atoms with Crippen LogP contribution in [0.2, 0.25) is 0 Å². The predicted octanol–water partition coefficient (Wildman–Crippen LogP) is 2.95. The standard InChI is InChI=1S/C16H13FN2O2/c1-10-2-4-13(19)7-14(10)16(20)21-9-12-6-11(8-18)3-5-15(12)17/h2-7H,9,19H2,1H3. The number of hydrogen-bond acceptors (Lipinski definition) is 4. The molecule has 0 saturated heterocycles. The second kappa shape index (κ2) is 6.06. The van der Waals surface area contributed by atoms with Crippen LogP contribution in [0, 0.1) is 24.1 Å². The zero-order valence-electron chi connectivity index (χ0n) is 11.4. The van der Waals surface area contributed by atoms with Gasteiger partial charge in [0.05, 0.1) is 17.2 Å². The molecule has 106 valence electrons. The van der Waals surface area contributed by atoms with Crippen molar-refractivity contribution in [2.24, 2.45) is 0 Å². The molecule has 2 N–H and O–H groups in total. The maximum atomic E-state index is 13.6. The van der Waals surface area contributed by atoms with Gasteiger partial charge in [-0.05, 0) is 42.8 Å².